The van der Waals surface area contributed by atoms with Crippen molar-refractivity contribution in [1.29, 1.82) is 0 Å². The quantitative estimate of drug-likeness (QED) is 0.697. The summed E-state index contributed by atoms with van der Waals surface area (Å²) in [6.45, 7) is 3.99. The van der Waals surface area contributed by atoms with E-state index in [0.29, 0.717) is 11.6 Å². The van der Waals surface area contributed by atoms with Gasteiger partial charge in [0.15, 0.2) is 5.82 Å². The lowest BCUT2D eigenvalue weighted by atomic mass is 10.5. The SMILES string of the molecule is Cc1ccc(C)n1Nc1cc(N)nc(N)n1. The van der Waals surface area contributed by atoms with Crippen LogP contribution in [-0.4, -0.2) is 14.6 Å². The molecule has 2 rings (SSSR count). The van der Waals surface area contributed by atoms with Gasteiger partial charge in [-0.05, 0) is 26.0 Å². The van der Waals surface area contributed by atoms with E-state index in [9.17, 15) is 0 Å². The molecule has 0 fully saturated rings. The summed E-state index contributed by atoms with van der Waals surface area (Å²) in [5.41, 5.74) is 16.4. The second kappa shape index (κ2) is 3.73. The fourth-order valence-electron chi connectivity index (χ4n) is 1.50. The number of nitrogens with two attached hydrogens (primary N) is 2. The smallest absolute Gasteiger partial charge is 0.223 e. The van der Waals surface area contributed by atoms with Gasteiger partial charge in [0, 0.05) is 17.5 Å². The summed E-state index contributed by atoms with van der Waals surface area (Å²) in [6, 6.07) is 5.65. The molecule has 0 bridgehead atoms. The standard InChI is InChI=1S/C10H14N6/c1-6-3-4-7(2)16(6)15-9-5-8(11)13-10(12)14-9/h3-5H,1-2H3,(H5,11,12,13,14,15). The molecule has 84 valence electrons. The number of nitrogen functional groups attached to an aromatic ring is 2. The van der Waals surface area contributed by atoms with Crippen molar-refractivity contribution in [2.45, 2.75) is 13.8 Å². The van der Waals surface area contributed by atoms with E-state index >= 15 is 0 Å². The monoisotopic (exact) mass is 218 g/mol. The van der Waals surface area contributed by atoms with Gasteiger partial charge in [0.05, 0.1) is 0 Å². The first-order valence-electron chi connectivity index (χ1n) is 4.88. The Balaban J connectivity index is 2.34. The van der Waals surface area contributed by atoms with E-state index in [-0.39, 0.29) is 5.95 Å². The molecule has 2 aromatic rings. The van der Waals surface area contributed by atoms with Gasteiger partial charge in [0.2, 0.25) is 5.95 Å². The molecule has 0 spiro atoms. The Morgan fingerprint density at radius 1 is 1.12 bits per heavy atom. The summed E-state index contributed by atoms with van der Waals surface area (Å²) in [4.78, 5) is 7.85. The third kappa shape index (κ3) is 1.90. The molecule has 0 aliphatic heterocycles. The van der Waals surface area contributed by atoms with Crippen LogP contribution in [0.15, 0.2) is 18.2 Å². The Kier molecular flexibility index (Phi) is 2.40. The van der Waals surface area contributed by atoms with Crippen molar-refractivity contribution in [3.63, 3.8) is 0 Å². The van der Waals surface area contributed by atoms with Crippen LogP contribution in [0.4, 0.5) is 17.6 Å². The minimum absolute atomic E-state index is 0.157. The number of anilines is 3. The van der Waals surface area contributed by atoms with E-state index in [1.807, 2.05) is 30.7 Å². The molecule has 0 unspecified atom stereocenters. The van der Waals surface area contributed by atoms with Crippen LogP contribution in [0.3, 0.4) is 0 Å². The molecule has 2 aromatic heterocycles. The van der Waals surface area contributed by atoms with Gasteiger partial charge >= 0.3 is 0 Å². The highest BCUT2D eigenvalue weighted by atomic mass is 15.4. The second-order valence-corrected chi connectivity index (χ2v) is 3.60. The topological polar surface area (TPSA) is 94.8 Å². The van der Waals surface area contributed by atoms with Crippen LogP contribution in [0.5, 0.6) is 0 Å². The molecule has 2 heterocycles. The van der Waals surface area contributed by atoms with Crippen molar-refractivity contribution in [3.8, 4) is 0 Å². The lowest BCUT2D eigenvalue weighted by Gasteiger charge is -2.12. The number of aryl methyl sites for hydroxylation is 2. The van der Waals surface area contributed by atoms with Crippen molar-refractivity contribution in [1.82, 2.24) is 14.6 Å². The van der Waals surface area contributed by atoms with Crippen LogP contribution in [-0.2, 0) is 0 Å². The predicted molar refractivity (Wildman–Crippen MR) is 63.8 cm³/mol. The van der Waals surface area contributed by atoms with E-state index in [1.165, 1.54) is 0 Å². The zero-order valence-corrected chi connectivity index (χ0v) is 9.23. The average Bonchev–Trinajstić information content (AvgIpc) is 2.48. The van der Waals surface area contributed by atoms with Gasteiger partial charge in [-0.25, -0.2) is 0 Å². The van der Waals surface area contributed by atoms with E-state index in [0.717, 1.165) is 11.4 Å². The molecule has 0 amide bonds. The van der Waals surface area contributed by atoms with Crippen molar-refractivity contribution in [2.24, 2.45) is 0 Å². The Bertz CT molecular complexity index is 476. The van der Waals surface area contributed by atoms with Crippen LogP contribution >= 0.6 is 0 Å². The van der Waals surface area contributed by atoms with Gasteiger partial charge < -0.3 is 11.5 Å². The molecule has 0 saturated heterocycles. The predicted octanol–water partition coefficient (Wildman–Crippen LogP) is 0.935. The van der Waals surface area contributed by atoms with E-state index < -0.39 is 0 Å². The summed E-state index contributed by atoms with van der Waals surface area (Å²) >= 11 is 0. The fourth-order valence-corrected chi connectivity index (χ4v) is 1.50. The third-order valence-electron chi connectivity index (χ3n) is 2.26. The molecule has 6 heteroatoms. The van der Waals surface area contributed by atoms with Gasteiger partial charge in [-0.15, -0.1) is 0 Å². The van der Waals surface area contributed by atoms with Gasteiger partial charge in [-0.3, -0.25) is 10.1 Å². The van der Waals surface area contributed by atoms with Crippen molar-refractivity contribution < 1.29 is 0 Å². The van der Waals surface area contributed by atoms with Crippen molar-refractivity contribution in [3.05, 3.63) is 29.6 Å². The molecule has 0 aliphatic carbocycles. The highest BCUT2D eigenvalue weighted by molar-refractivity contribution is 5.48. The number of aromatic nitrogens is 3. The molecule has 0 atom stereocenters. The molecule has 5 N–H and O–H groups in total. The normalized spacial score (nSPS) is 10.4. The molecule has 16 heavy (non-hydrogen) atoms. The van der Waals surface area contributed by atoms with Crippen LogP contribution in [0.2, 0.25) is 0 Å². The average molecular weight is 218 g/mol. The first kappa shape index (κ1) is 10.3. The van der Waals surface area contributed by atoms with Gasteiger partial charge in [-0.2, -0.15) is 9.97 Å². The molecule has 6 nitrogen and oxygen atoms in total. The van der Waals surface area contributed by atoms with Crippen molar-refractivity contribution in [2.75, 3.05) is 16.9 Å². The Morgan fingerprint density at radius 3 is 2.31 bits per heavy atom. The van der Waals surface area contributed by atoms with Crippen LogP contribution in [0.25, 0.3) is 0 Å². The van der Waals surface area contributed by atoms with E-state index in [1.54, 1.807) is 6.07 Å². The highest BCUT2D eigenvalue weighted by Gasteiger charge is 2.03. The largest absolute Gasteiger partial charge is 0.383 e. The Labute approximate surface area is 93.3 Å². The minimum atomic E-state index is 0.157. The molecular formula is C10H14N6. The third-order valence-corrected chi connectivity index (χ3v) is 2.26. The van der Waals surface area contributed by atoms with Crippen LogP contribution in [0.1, 0.15) is 11.4 Å². The number of hydrogen-bond donors (Lipinski definition) is 3. The summed E-state index contributed by atoms with van der Waals surface area (Å²) < 4.78 is 1.90. The lowest BCUT2D eigenvalue weighted by Crippen LogP contribution is -2.14. The molecule has 0 aromatic carbocycles. The Morgan fingerprint density at radius 2 is 1.75 bits per heavy atom. The fraction of sp³-hybridized carbons (Fsp3) is 0.200. The van der Waals surface area contributed by atoms with Gasteiger partial charge in [0.1, 0.15) is 5.82 Å². The molecule has 0 radical (unpaired) electrons. The zero-order valence-electron chi connectivity index (χ0n) is 9.23. The second-order valence-electron chi connectivity index (χ2n) is 3.60. The van der Waals surface area contributed by atoms with E-state index in [2.05, 4.69) is 15.4 Å². The summed E-state index contributed by atoms with van der Waals surface area (Å²) in [7, 11) is 0. The van der Waals surface area contributed by atoms with Crippen LogP contribution in [0, 0.1) is 13.8 Å². The van der Waals surface area contributed by atoms with Crippen LogP contribution < -0.4 is 16.9 Å². The lowest BCUT2D eigenvalue weighted by molar-refractivity contribution is 0.870. The van der Waals surface area contributed by atoms with Gasteiger partial charge in [0.25, 0.3) is 0 Å². The minimum Gasteiger partial charge on any atom is -0.383 e. The number of rotatable bonds is 2. The summed E-state index contributed by atoms with van der Waals surface area (Å²) in [5.74, 6) is 1.08. The maximum atomic E-state index is 5.58. The number of nitrogens with one attached hydrogen (secondary N) is 1. The number of nitrogens with zero attached hydrogens (tertiary/aromatic N) is 3. The summed E-state index contributed by atoms with van der Waals surface area (Å²) in [5, 5.41) is 0. The molecule has 0 saturated carbocycles. The zero-order chi connectivity index (χ0) is 11.7. The summed E-state index contributed by atoms with van der Waals surface area (Å²) in [6.07, 6.45) is 0. The van der Waals surface area contributed by atoms with Crippen molar-refractivity contribution >= 4 is 17.6 Å². The van der Waals surface area contributed by atoms with E-state index in [4.69, 9.17) is 11.5 Å². The first-order valence-corrected chi connectivity index (χ1v) is 4.88. The van der Waals surface area contributed by atoms with Gasteiger partial charge in [-0.1, -0.05) is 0 Å². The molecular weight excluding hydrogens is 204 g/mol. The maximum Gasteiger partial charge on any atom is 0.223 e. The first-order chi connectivity index (χ1) is 7.56. The number of hydrogen-bond acceptors (Lipinski definition) is 5. The Hall–Kier alpha value is -2.24. The maximum absolute atomic E-state index is 5.58. The molecule has 0 aliphatic rings. The highest BCUT2D eigenvalue weighted by Crippen LogP contribution is 2.12.